The van der Waals surface area contributed by atoms with Gasteiger partial charge in [-0.2, -0.15) is 0 Å². The summed E-state index contributed by atoms with van der Waals surface area (Å²) in [7, 11) is 5.99. The predicted octanol–water partition coefficient (Wildman–Crippen LogP) is 0.443. The van der Waals surface area contributed by atoms with Crippen LogP contribution in [0.15, 0.2) is 18.5 Å². The van der Waals surface area contributed by atoms with Crippen molar-refractivity contribution >= 4 is 11.6 Å². The van der Waals surface area contributed by atoms with Gasteiger partial charge in [0.15, 0.2) is 0 Å². The molecule has 1 aliphatic rings. The number of piperazine rings is 1. The minimum absolute atomic E-state index is 0.0692. The summed E-state index contributed by atoms with van der Waals surface area (Å²) in [5.41, 5.74) is 1.49. The van der Waals surface area contributed by atoms with Crippen LogP contribution in [0.5, 0.6) is 0 Å². The highest BCUT2D eigenvalue weighted by molar-refractivity contribution is 5.99. The van der Waals surface area contributed by atoms with Crippen LogP contribution in [0.2, 0.25) is 0 Å². The first kappa shape index (κ1) is 15.7. The van der Waals surface area contributed by atoms with Crippen LogP contribution in [0.1, 0.15) is 10.4 Å². The Bertz CT molecular complexity index is 469. The number of carbonyl (C=O) groups is 1. The molecule has 1 aromatic rings. The molecule has 0 atom stereocenters. The number of likely N-dealkylation sites (N-methyl/N-ethyl adjacent to an activating group) is 1. The standard InChI is InChI=1S/C15H25N5O/c1-16-14-4-5-17-12-13(14)15(21)20-10-8-19(9-11-20)7-6-18(2)3/h4-5,12H,6-11H2,1-3H3,(H,16,17). The minimum Gasteiger partial charge on any atom is -0.387 e. The number of pyridine rings is 1. The van der Waals surface area contributed by atoms with Crippen molar-refractivity contribution in [3.8, 4) is 0 Å². The van der Waals surface area contributed by atoms with Crippen molar-refractivity contribution in [3.63, 3.8) is 0 Å². The van der Waals surface area contributed by atoms with Gasteiger partial charge in [0, 0.05) is 64.4 Å². The number of carbonyl (C=O) groups excluding carboxylic acids is 1. The summed E-state index contributed by atoms with van der Waals surface area (Å²) in [5.74, 6) is 0.0692. The summed E-state index contributed by atoms with van der Waals surface area (Å²) in [6.07, 6.45) is 3.34. The normalized spacial score (nSPS) is 16.3. The summed E-state index contributed by atoms with van der Waals surface area (Å²) < 4.78 is 0. The van der Waals surface area contributed by atoms with E-state index in [2.05, 4.69) is 34.2 Å². The summed E-state index contributed by atoms with van der Waals surface area (Å²) in [4.78, 5) is 23.2. The summed E-state index contributed by atoms with van der Waals surface area (Å²) in [6, 6.07) is 1.83. The van der Waals surface area contributed by atoms with Gasteiger partial charge in [0.05, 0.1) is 5.56 Å². The van der Waals surface area contributed by atoms with E-state index in [1.54, 1.807) is 12.4 Å². The maximum absolute atomic E-state index is 12.6. The maximum atomic E-state index is 12.6. The zero-order chi connectivity index (χ0) is 15.2. The molecule has 0 unspecified atom stereocenters. The van der Waals surface area contributed by atoms with Crippen LogP contribution in [0.4, 0.5) is 5.69 Å². The number of hydrogen-bond acceptors (Lipinski definition) is 5. The zero-order valence-electron chi connectivity index (χ0n) is 13.2. The van der Waals surface area contributed by atoms with E-state index in [1.807, 2.05) is 18.0 Å². The third kappa shape index (κ3) is 4.15. The molecule has 0 aromatic carbocycles. The Morgan fingerprint density at radius 2 is 2.05 bits per heavy atom. The van der Waals surface area contributed by atoms with Crippen LogP contribution >= 0.6 is 0 Å². The van der Waals surface area contributed by atoms with Gasteiger partial charge in [-0.3, -0.25) is 14.7 Å². The second-order valence-corrected chi connectivity index (χ2v) is 5.61. The molecule has 1 saturated heterocycles. The lowest BCUT2D eigenvalue weighted by molar-refractivity contribution is 0.0630. The van der Waals surface area contributed by atoms with Gasteiger partial charge in [-0.1, -0.05) is 0 Å². The van der Waals surface area contributed by atoms with Crippen LogP contribution in [-0.2, 0) is 0 Å². The Kier molecular flexibility index (Phi) is 5.52. The molecule has 2 heterocycles. The van der Waals surface area contributed by atoms with E-state index in [4.69, 9.17) is 0 Å². The van der Waals surface area contributed by atoms with Crippen molar-refractivity contribution < 1.29 is 4.79 Å². The molecule has 6 nitrogen and oxygen atoms in total. The summed E-state index contributed by atoms with van der Waals surface area (Å²) >= 11 is 0. The minimum atomic E-state index is 0.0692. The average Bonchev–Trinajstić information content (AvgIpc) is 2.52. The van der Waals surface area contributed by atoms with E-state index in [0.717, 1.165) is 45.0 Å². The predicted molar refractivity (Wildman–Crippen MR) is 84.7 cm³/mol. The van der Waals surface area contributed by atoms with E-state index < -0.39 is 0 Å². The van der Waals surface area contributed by atoms with Gasteiger partial charge in [0.2, 0.25) is 0 Å². The molecule has 1 N–H and O–H groups in total. The molecule has 21 heavy (non-hydrogen) atoms. The fourth-order valence-electron chi connectivity index (χ4n) is 2.47. The Labute approximate surface area is 126 Å². The number of rotatable bonds is 5. The molecule has 1 aliphatic heterocycles. The quantitative estimate of drug-likeness (QED) is 0.853. The van der Waals surface area contributed by atoms with Crippen molar-refractivity contribution in [2.24, 2.45) is 0 Å². The van der Waals surface area contributed by atoms with Crippen molar-refractivity contribution in [2.45, 2.75) is 0 Å². The van der Waals surface area contributed by atoms with Crippen LogP contribution in [0, 0.1) is 0 Å². The second kappa shape index (κ2) is 7.38. The molecule has 1 aromatic heterocycles. The number of nitrogens with one attached hydrogen (secondary N) is 1. The Hall–Kier alpha value is -1.66. The number of hydrogen-bond donors (Lipinski definition) is 1. The SMILES string of the molecule is CNc1ccncc1C(=O)N1CCN(CCN(C)C)CC1. The Balaban J connectivity index is 1.91. The van der Waals surface area contributed by atoms with Crippen molar-refractivity contribution in [3.05, 3.63) is 24.0 Å². The van der Waals surface area contributed by atoms with Gasteiger partial charge in [-0.05, 0) is 20.2 Å². The van der Waals surface area contributed by atoms with E-state index >= 15 is 0 Å². The average molecular weight is 291 g/mol. The largest absolute Gasteiger partial charge is 0.387 e. The van der Waals surface area contributed by atoms with Gasteiger partial charge in [-0.25, -0.2) is 0 Å². The van der Waals surface area contributed by atoms with Crippen LogP contribution in [-0.4, -0.2) is 86.0 Å². The number of amides is 1. The number of anilines is 1. The number of nitrogens with zero attached hydrogens (tertiary/aromatic N) is 4. The molecule has 0 spiro atoms. The van der Waals surface area contributed by atoms with Crippen molar-refractivity contribution in [2.75, 3.05) is 65.7 Å². The van der Waals surface area contributed by atoms with Gasteiger partial charge >= 0.3 is 0 Å². The molecular weight excluding hydrogens is 266 g/mol. The first-order valence-electron chi connectivity index (χ1n) is 7.40. The molecule has 1 amide bonds. The van der Waals surface area contributed by atoms with Gasteiger partial charge in [-0.15, -0.1) is 0 Å². The lowest BCUT2D eigenvalue weighted by atomic mass is 10.2. The summed E-state index contributed by atoms with van der Waals surface area (Å²) in [6.45, 7) is 5.56. The molecule has 2 rings (SSSR count). The smallest absolute Gasteiger partial charge is 0.257 e. The first-order valence-corrected chi connectivity index (χ1v) is 7.40. The molecule has 0 bridgehead atoms. The Morgan fingerprint density at radius 3 is 2.67 bits per heavy atom. The molecule has 116 valence electrons. The fourth-order valence-corrected chi connectivity index (χ4v) is 2.47. The van der Waals surface area contributed by atoms with Crippen LogP contribution in [0.25, 0.3) is 0 Å². The van der Waals surface area contributed by atoms with Gasteiger partial charge in [0.1, 0.15) is 0 Å². The molecule has 1 fully saturated rings. The van der Waals surface area contributed by atoms with E-state index in [9.17, 15) is 4.79 Å². The molecule has 0 radical (unpaired) electrons. The highest BCUT2D eigenvalue weighted by Gasteiger charge is 2.23. The van der Waals surface area contributed by atoms with E-state index in [0.29, 0.717) is 5.56 Å². The third-order valence-corrected chi connectivity index (χ3v) is 3.84. The lowest BCUT2D eigenvalue weighted by Gasteiger charge is -2.35. The lowest BCUT2D eigenvalue weighted by Crippen LogP contribution is -2.50. The second-order valence-electron chi connectivity index (χ2n) is 5.61. The molecule has 0 saturated carbocycles. The zero-order valence-corrected chi connectivity index (χ0v) is 13.2. The van der Waals surface area contributed by atoms with Crippen LogP contribution in [0.3, 0.4) is 0 Å². The molecule has 6 heteroatoms. The highest BCUT2D eigenvalue weighted by Crippen LogP contribution is 2.16. The van der Waals surface area contributed by atoms with Crippen LogP contribution < -0.4 is 5.32 Å². The monoisotopic (exact) mass is 291 g/mol. The third-order valence-electron chi connectivity index (χ3n) is 3.84. The maximum Gasteiger partial charge on any atom is 0.257 e. The first-order chi connectivity index (χ1) is 10.1. The highest BCUT2D eigenvalue weighted by atomic mass is 16.2. The molecule has 0 aliphatic carbocycles. The molecular formula is C15H25N5O. The van der Waals surface area contributed by atoms with Gasteiger partial charge < -0.3 is 15.1 Å². The summed E-state index contributed by atoms with van der Waals surface area (Å²) in [5, 5.41) is 3.05. The fraction of sp³-hybridized carbons (Fsp3) is 0.600. The van der Waals surface area contributed by atoms with Crippen molar-refractivity contribution in [1.82, 2.24) is 19.7 Å². The topological polar surface area (TPSA) is 51.7 Å². The van der Waals surface area contributed by atoms with E-state index in [-0.39, 0.29) is 5.91 Å². The van der Waals surface area contributed by atoms with E-state index in [1.165, 1.54) is 0 Å². The Morgan fingerprint density at radius 1 is 1.33 bits per heavy atom. The van der Waals surface area contributed by atoms with Gasteiger partial charge in [0.25, 0.3) is 5.91 Å². The number of aromatic nitrogens is 1. The van der Waals surface area contributed by atoms with Crippen molar-refractivity contribution in [1.29, 1.82) is 0 Å².